The Labute approximate surface area is 74.8 Å². The van der Waals surface area contributed by atoms with Crippen LogP contribution in [0.25, 0.3) is 0 Å². The van der Waals surface area contributed by atoms with Gasteiger partial charge in [0.25, 0.3) is 0 Å². The normalized spacial score (nSPS) is 8.50. The molecule has 10 heavy (non-hydrogen) atoms. The number of halogens is 1. The van der Waals surface area contributed by atoms with Crippen LogP contribution < -0.4 is 0 Å². The van der Waals surface area contributed by atoms with Crippen LogP contribution in [0.1, 0.15) is 5.56 Å². The maximum atomic E-state index is 3.39. The Hall–Kier alpha value is -0.0831. The number of benzene rings is 1. The number of hydrogen-bond donors (Lipinski definition) is 0. The van der Waals surface area contributed by atoms with Crippen LogP contribution in [0.3, 0.4) is 0 Å². The van der Waals surface area contributed by atoms with E-state index in [0.717, 1.165) is 11.8 Å². The smallest absolute Gasteiger partial charge is 0.00718 e. The molecule has 0 aliphatic carbocycles. The molecule has 0 saturated carbocycles. The van der Waals surface area contributed by atoms with E-state index in [1.807, 2.05) is 6.07 Å². The van der Waals surface area contributed by atoms with Crippen molar-refractivity contribution in [2.24, 2.45) is 0 Å². The predicted octanol–water partition coefficient (Wildman–Crippen LogP) is 1.17. The summed E-state index contributed by atoms with van der Waals surface area (Å²) < 4.78 is 0. The summed E-state index contributed by atoms with van der Waals surface area (Å²) in [5.41, 5.74) is 1.40. The van der Waals surface area contributed by atoms with Crippen molar-refractivity contribution in [1.29, 1.82) is 0 Å². The molecule has 0 bridgehead atoms. The van der Waals surface area contributed by atoms with E-state index >= 15 is 0 Å². The third kappa shape index (κ3) is 3.18. The molecule has 0 nitrogen and oxygen atoms in total. The molecule has 0 amide bonds. The van der Waals surface area contributed by atoms with Crippen molar-refractivity contribution in [1.82, 2.24) is 0 Å². The molecule has 1 aromatic carbocycles. The lowest BCUT2D eigenvalue weighted by Gasteiger charge is -1.92. The predicted molar refractivity (Wildman–Crippen MR) is 55.3 cm³/mol. The van der Waals surface area contributed by atoms with Gasteiger partial charge >= 0.3 is 0 Å². The molecular formula is C8H13BrSi. The van der Waals surface area contributed by atoms with Crippen molar-refractivity contribution in [3.8, 4) is 0 Å². The van der Waals surface area contributed by atoms with Crippen LogP contribution in [0.15, 0.2) is 30.3 Å². The monoisotopic (exact) mass is 216 g/mol. The lowest BCUT2D eigenvalue weighted by Crippen LogP contribution is -1.82. The van der Waals surface area contributed by atoms with Gasteiger partial charge in [-0.15, -0.1) is 0 Å². The van der Waals surface area contributed by atoms with Crippen LogP contribution in [0, 0.1) is 0 Å². The molecule has 2 heteroatoms. The zero-order valence-electron chi connectivity index (χ0n) is 5.18. The summed E-state index contributed by atoms with van der Waals surface area (Å²) in [4.78, 5) is 0. The van der Waals surface area contributed by atoms with Crippen LogP contribution in [-0.2, 0) is 6.42 Å². The van der Waals surface area contributed by atoms with Gasteiger partial charge in [-0.25, -0.2) is 0 Å². The van der Waals surface area contributed by atoms with Crippen LogP contribution in [-0.4, -0.2) is 16.3 Å². The van der Waals surface area contributed by atoms with Crippen molar-refractivity contribution < 1.29 is 0 Å². The highest BCUT2D eigenvalue weighted by atomic mass is 79.9. The number of alkyl halides is 1. The second-order valence-corrected chi connectivity index (χ2v) is 2.72. The first kappa shape index (κ1) is 9.92. The van der Waals surface area contributed by atoms with Crippen LogP contribution in [0.4, 0.5) is 0 Å². The third-order valence-corrected chi connectivity index (χ3v) is 1.62. The van der Waals surface area contributed by atoms with Gasteiger partial charge in [0, 0.05) is 5.33 Å². The van der Waals surface area contributed by atoms with Gasteiger partial charge in [0.05, 0.1) is 0 Å². The summed E-state index contributed by atoms with van der Waals surface area (Å²) in [6.45, 7) is 0. The van der Waals surface area contributed by atoms with E-state index in [9.17, 15) is 0 Å². The fourth-order valence-corrected chi connectivity index (χ4v) is 1.21. The summed E-state index contributed by atoms with van der Waals surface area (Å²) in [5, 5.41) is 1.05. The topological polar surface area (TPSA) is 0 Å². The van der Waals surface area contributed by atoms with Gasteiger partial charge in [0.15, 0.2) is 0 Å². The van der Waals surface area contributed by atoms with Crippen LogP contribution >= 0.6 is 15.9 Å². The Morgan fingerprint density at radius 2 is 1.70 bits per heavy atom. The van der Waals surface area contributed by atoms with Crippen LogP contribution in [0.2, 0.25) is 0 Å². The lowest BCUT2D eigenvalue weighted by atomic mass is 10.2. The molecule has 1 rings (SSSR count). The number of aryl methyl sites for hydroxylation is 1. The molecule has 0 spiro atoms. The second kappa shape index (κ2) is 5.68. The zero-order chi connectivity index (χ0) is 6.53. The molecule has 0 radical (unpaired) electrons. The van der Waals surface area contributed by atoms with Gasteiger partial charge in [-0.3, -0.25) is 0 Å². The molecule has 0 heterocycles. The minimum absolute atomic E-state index is 0. The van der Waals surface area contributed by atoms with Gasteiger partial charge in [-0.05, 0) is 22.9 Å². The Morgan fingerprint density at radius 1 is 1.10 bits per heavy atom. The quantitative estimate of drug-likeness (QED) is 0.515. The van der Waals surface area contributed by atoms with Crippen LogP contribution in [0.5, 0.6) is 0 Å². The average Bonchev–Trinajstić information content (AvgIpc) is 1.91. The molecule has 0 unspecified atom stereocenters. The highest BCUT2D eigenvalue weighted by Gasteiger charge is 1.85. The zero-order valence-corrected chi connectivity index (χ0v) is 6.76. The Balaban J connectivity index is 0.000000810. The first-order valence-electron chi connectivity index (χ1n) is 3.03. The molecule has 0 aliphatic rings. The molecular weight excluding hydrogens is 204 g/mol. The molecule has 0 aliphatic heterocycles. The fraction of sp³-hybridized carbons (Fsp3) is 0.250. The SMILES string of the molecule is BrCCc1ccccc1.[SiH4]. The molecule has 0 N–H and O–H groups in total. The Kier molecular flexibility index (Phi) is 5.64. The Bertz CT molecular complexity index is 162. The minimum Gasteiger partial charge on any atom is -0.0924 e. The summed E-state index contributed by atoms with van der Waals surface area (Å²) in [6.07, 6.45) is 1.13. The largest absolute Gasteiger partial charge is 0.0924 e. The first-order chi connectivity index (χ1) is 4.43. The maximum Gasteiger partial charge on any atom is 0.00718 e. The first-order valence-corrected chi connectivity index (χ1v) is 4.15. The van der Waals surface area contributed by atoms with E-state index in [1.165, 1.54) is 5.56 Å². The molecule has 0 saturated heterocycles. The highest BCUT2D eigenvalue weighted by molar-refractivity contribution is 9.09. The average molecular weight is 217 g/mol. The number of hydrogen-bond acceptors (Lipinski definition) is 0. The molecule has 1 aromatic rings. The fourth-order valence-electron chi connectivity index (χ4n) is 0.754. The highest BCUT2D eigenvalue weighted by Crippen LogP contribution is 2.00. The van der Waals surface area contributed by atoms with E-state index in [0.29, 0.717) is 0 Å². The molecule has 0 aromatic heterocycles. The van der Waals surface area contributed by atoms with Gasteiger partial charge in [0.2, 0.25) is 0 Å². The van der Waals surface area contributed by atoms with Crippen molar-refractivity contribution in [3.05, 3.63) is 35.9 Å². The van der Waals surface area contributed by atoms with E-state index in [1.54, 1.807) is 0 Å². The maximum absolute atomic E-state index is 3.39. The standard InChI is InChI=1S/C8H9Br.H4Si/c9-7-6-8-4-2-1-3-5-8;/h1-5H,6-7H2;1H4. The van der Waals surface area contributed by atoms with Crippen molar-refractivity contribution >= 4 is 26.9 Å². The number of rotatable bonds is 2. The lowest BCUT2D eigenvalue weighted by molar-refractivity contribution is 1.17. The van der Waals surface area contributed by atoms with Crippen molar-refractivity contribution in [3.63, 3.8) is 0 Å². The molecule has 0 fully saturated rings. The third-order valence-electron chi connectivity index (χ3n) is 1.23. The summed E-state index contributed by atoms with van der Waals surface area (Å²) in [7, 11) is 0. The van der Waals surface area contributed by atoms with Gasteiger partial charge in [0.1, 0.15) is 0 Å². The molecule has 0 atom stereocenters. The van der Waals surface area contributed by atoms with Gasteiger partial charge in [-0.1, -0.05) is 46.3 Å². The minimum atomic E-state index is 0. The second-order valence-electron chi connectivity index (χ2n) is 1.92. The summed E-state index contributed by atoms with van der Waals surface area (Å²) in [5.74, 6) is 0. The van der Waals surface area contributed by atoms with E-state index in [2.05, 4.69) is 40.2 Å². The van der Waals surface area contributed by atoms with Crippen molar-refractivity contribution in [2.45, 2.75) is 6.42 Å². The Morgan fingerprint density at radius 3 is 2.20 bits per heavy atom. The van der Waals surface area contributed by atoms with E-state index < -0.39 is 0 Å². The van der Waals surface area contributed by atoms with Crippen molar-refractivity contribution in [2.75, 3.05) is 5.33 Å². The van der Waals surface area contributed by atoms with Gasteiger partial charge < -0.3 is 0 Å². The van der Waals surface area contributed by atoms with E-state index in [4.69, 9.17) is 0 Å². The molecule has 56 valence electrons. The summed E-state index contributed by atoms with van der Waals surface area (Å²) >= 11 is 3.39. The van der Waals surface area contributed by atoms with E-state index in [-0.39, 0.29) is 11.0 Å². The van der Waals surface area contributed by atoms with Gasteiger partial charge in [-0.2, -0.15) is 0 Å². The summed E-state index contributed by atoms with van der Waals surface area (Å²) in [6, 6.07) is 10.5.